The third-order valence-corrected chi connectivity index (χ3v) is 6.41. The zero-order valence-electron chi connectivity index (χ0n) is 19.9. The Kier molecular flexibility index (Phi) is 6.12. The van der Waals surface area contributed by atoms with E-state index in [4.69, 9.17) is 9.47 Å². The van der Waals surface area contributed by atoms with Gasteiger partial charge in [0.1, 0.15) is 5.75 Å². The van der Waals surface area contributed by atoms with Crippen LogP contribution in [0.4, 0.5) is 5.69 Å². The Morgan fingerprint density at radius 1 is 0.917 bits per heavy atom. The maximum absolute atomic E-state index is 11.9. The van der Waals surface area contributed by atoms with Gasteiger partial charge in [-0.15, -0.1) is 0 Å². The molecule has 0 N–H and O–H groups in total. The molecule has 7 nitrogen and oxygen atoms in total. The van der Waals surface area contributed by atoms with Crippen LogP contribution in [-0.4, -0.2) is 29.7 Å². The number of hydrogen-bond acceptors (Lipinski definition) is 5. The lowest BCUT2D eigenvalue weighted by molar-refractivity contribution is -0.384. The van der Waals surface area contributed by atoms with Crippen molar-refractivity contribution in [3.63, 3.8) is 0 Å². The summed E-state index contributed by atoms with van der Waals surface area (Å²) in [6.07, 6.45) is 2.52. The van der Waals surface area contributed by atoms with Crippen molar-refractivity contribution in [3.8, 4) is 5.75 Å². The van der Waals surface area contributed by atoms with E-state index in [1.165, 1.54) is 18.6 Å². The van der Waals surface area contributed by atoms with Crippen LogP contribution in [0, 0.1) is 10.1 Å². The first-order valence-corrected chi connectivity index (χ1v) is 11.5. The summed E-state index contributed by atoms with van der Waals surface area (Å²) in [5.41, 5.74) is 4.28. The Labute approximate surface area is 207 Å². The molecule has 1 aromatic heterocycles. The molecule has 0 spiro atoms. The van der Waals surface area contributed by atoms with Gasteiger partial charge in [0.2, 0.25) is 0 Å². The van der Waals surface area contributed by atoms with Gasteiger partial charge in [0.05, 0.1) is 24.7 Å². The number of benzene rings is 4. The van der Waals surface area contributed by atoms with Gasteiger partial charge in [-0.3, -0.25) is 10.1 Å². The average Bonchev–Trinajstić information content (AvgIpc) is 3.24. The molecule has 0 atom stereocenters. The van der Waals surface area contributed by atoms with E-state index in [0.717, 1.165) is 33.0 Å². The van der Waals surface area contributed by atoms with Gasteiger partial charge in [0.15, 0.2) is 0 Å². The summed E-state index contributed by atoms with van der Waals surface area (Å²) in [7, 11) is 2.88. The highest BCUT2D eigenvalue weighted by Crippen LogP contribution is 2.31. The van der Waals surface area contributed by atoms with Crippen LogP contribution in [-0.2, 0) is 17.7 Å². The Morgan fingerprint density at radius 2 is 1.72 bits per heavy atom. The van der Waals surface area contributed by atoms with Gasteiger partial charge in [0.25, 0.3) is 5.69 Å². The van der Waals surface area contributed by atoms with Crippen LogP contribution >= 0.6 is 0 Å². The zero-order chi connectivity index (χ0) is 25.2. The van der Waals surface area contributed by atoms with E-state index in [2.05, 4.69) is 34.9 Å². The van der Waals surface area contributed by atoms with Crippen LogP contribution in [0.2, 0.25) is 0 Å². The first kappa shape index (κ1) is 23.1. The predicted molar refractivity (Wildman–Crippen MR) is 139 cm³/mol. The highest BCUT2D eigenvalue weighted by atomic mass is 16.6. The van der Waals surface area contributed by atoms with Crippen LogP contribution in [0.5, 0.6) is 5.75 Å². The molecule has 0 saturated carbocycles. The molecule has 180 valence electrons. The number of esters is 1. The van der Waals surface area contributed by atoms with Crippen molar-refractivity contribution >= 4 is 33.3 Å². The molecule has 4 aromatic carbocycles. The highest BCUT2D eigenvalue weighted by molar-refractivity contribution is 5.90. The second-order valence-electron chi connectivity index (χ2n) is 8.62. The topological polar surface area (TPSA) is 83.6 Å². The first-order valence-electron chi connectivity index (χ1n) is 11.5. The third kappa shape index (κ3) is 4.38. The standard InChI is InChI=1S/C29H24N2O5/c1-35-28-15-23(29(32)36-2)10-9-22(28)14-24-18-30(27-12-11-25(31(33)34)16-26(24)27)17-19-7-8-20-5-3-4-6-21(20)13-19/h3-13,15-16,18H,14,17H2,1-2H3. The molecule has 5 rings (SSSR count). The largest absolute Gasteiger partial charge is 0.496 e. The lowest BCUT2D eigenvalue weighted by Gasteiger charge is -2.10. The fourth-order valence-corrected chi connectivity index (χ4v) is 4.62. The number of carbonyl (C=O) groups is 1. The summed E-state index contributed by atoms with van der Waals surface area (Å²) in [6, 6.07) is 24.7. The smallest absolute Gasteiger partial charge is 0.337 e. The molecular formula is C29H24N2O5. The number of fused-ring (bicyclic) bond motifs is 2. The number of rotatable bonds is 7. The maximum atomic E-state index is 11.9. The molecule has 5 aromatic rings. The van der Waals surface area contributed by atoms with Gasteiger partial charge in [0, 0.05) is 42.2 Å². The quantitative estimate of drug-likeness (QED) is 0.159. The molecule has 0 amide bonds. The lowest BCUT2D eigenvalue weighted by atomic mass is 10.0. The number of nitro benzene ring substituents is 1. The van der Waals surface area contributed by atoms with E-state index >= 15 is 0 Å². The van der Waals surface area contributed by atoms with Gasteiger partial charge < -0.3 is 14.0 Å². The van der Waals surface area contributed by atoms with Gasteiger partial charge in [-0.05, 0) is 51.7 Å². The SMILES string of the molecule is COC(=O)c1ccc(Cc2cn(Cc3ccc4ccccc4c3)c3ccc([N+](=O)[O-])cc23)c(OC)c1. The molecule has 0 saturated heterocycles. The number of nitro groups is 1. The van der Waals surface area contributed by atoms with Crippen LogP contribution in [0.1, 0.15) is 27.0 Å². The molecule has 0 aliphatic heterocycles. The minimum absolute atomic E-state index is 0.0419. The molecule has 0 fully saturated rings. The predicted octanol–water partition coefficient (Wildman–Crippen LogP) is 6.14. The van der Waals surface area contributed by atoms with E-state index < -0.39 is 5.97 Å². The van der Waals surface area contributed by atoms with Gasteiger partial charge in [-0.2, -0.15) is 0 Å². The van der Waals surface area contributed by atoms with Crippen molar-refractivity contribution in [2.24, 2.45) is 0 Å². The Hall–Kier alpha value is -4.65. The number of aromatic nitrogens is 1. The number of ether oxygens (including phenoxy) is 2. The van der Waals surface area contributed by atoms with Crippen molar-refractivity contribution in [3.05, 3.63) is 117 Å². The molecule has 0 radical (unpaired) electrons. The van der Waals surface area contributed by atoms with E-state index in [1.807, 2.05) is 24.4 Å². The van der Waals surface area contributed by atoms with Gasteiger partial charge in [-0.1, -0.05) is 42.5 Å². The fourth-order valence-electron chi connectivity index (χ4n) is 4.62. The average molecular weight is 481 g/mol. The molecule has 36 heavy (non-hydrogen) atoms. The number of non-ortho nitro benzene ring substituents is 1. The third-order valence-electron chi connectivity index (χ3n) is 6.41. The van der Waals surface area contributed by atoms with Gasteiger partial charge >= 0.3 is 5.97 Å². The van der Waals surface area contributed by atoms with E-state index in [1.54, 1.807) is 31.4 Å². The fraction of sp³-hybridized carbons (Fsp3) is 0.138. The normalized spacial score (nSPS) is 11.1. The van der Waals surface area contributed by atoms with Crippen molar-refractivity contribution in [2.45, 2.75) is 13.0 Å². The minimum atomic E-state index is -0.442. The summed E-state index contributed by atoms with van der Waals surface area (Å²) < 4.78 is 12.5. The molecule has 0 bridgehead atoms. The maximum Gasteiger partial charge on any atom is 0.337 e. The van der Waals surface area contributed by atoms with Crippen LogP contribution in [0.15, 0.2) is 85.1 Å². The summed E-state index contributed by atoms with van der Waals surface area (Å²) in [5, 5.41) is 14.7. The summed E-state index contributed by atoms with van der Waals surface area (Å²) in [6.45, 7) is 0.623. The van der Waals surface area contributed by atoms with Crippen molar-refractivity contribution < 1.29 is 19.2 Å². The van der Waals surface area contributed by atoms with Crippen molar-refractivity contribution in [1.29, 1.82) is 0 Å². The summed E-state index contributed by atoms with van der Waals surface area (Å²) in [5.74, 6) is 0.112. The Balaban J connectivity index is 1.57. The van der Waals surface area contributed by atoms with Crippen molar-refractivity contribution in [2.75, 3.05) is 14.2 Å². The van der Waals surface area contributed by atoms with Crippen molar-refractivity contribution in [1.82, 2.24) is 4.57 Å². The number of methoxy groups -OCH3 is 2. The molecular weight excluding hydrogens is 456 g/mol. The second kappa shape index (κ2) is 9.54. The first-order chi connectivity index (χ1) is 17.5. The summed E-state index contributed by atoms with van der Waals surface area (Å²) in [4.78, 5) is 23.1. The molecule has 0 aliphatic carbocycles. The molecule has 0 aliphatic rings. The molecule has 1 heterocycles. The van der Waals surface area contributed by atoms with Crippen LogP contribution in [0.3, 0.4) is 0 Å². The Morgan fingerprint density at radius 3 is 2.47 bits per heavy atom. The summed E-state index contributed by atoms with van der Waals surface area (Å²) >= 11 is 0. The monoisotopic (exact) mass is 480 g/mol. The zero-order valence-corrected chi connectivity index (χ0v) is 19.9. The minimum Gasteiger partial charge on any atom is -0.496 e. The van der Waals surface area contributed by atoms with E-state index in [9.17, 15) is 14.9 Å². The van der Waals surface area contributed by atoms with Crippen LogP contribution < -0.4 is 4.74 Å². The molecule has 0 unspecified atom stereocenters. The molecule has 7 heteroatoms. The number of hydrogen-bond donors (Lipinski definition) is 0. The van der Waals surface area contributed by atoms with E-state index in [0.29, 0.717) is 24.3 Å². The second-order valence-corrected chi connectivity index (χ2v) is 8.62. The number of carbonyl (C=O) groups excluding carboxylic acids is 1. The van der Waals surface area contributed by atoms with Crippen LogP contribution in [0.25, 0.3) is 21.7 Å². The lowest BCUT2D eigenvalue weighted by Crippen LogP contribution is -2.03. The van der Waals surface area contributed by atoms with E-state index in [-0.39, 0.29) is 10.6 Å². The van der Waals surface area contributed by atoms with Gasteiger partial charge in [-0.25, -0.2) is 4.79 Å². The Bertz CT molecular complexity index is 1620. The highest BCUT2D eigenvalue weighted by Gasteiger charge is 2.17. The number of nitrogens with zero attached hydrogens (tertiary/aromatic N) is 2.